The number of hydrogen-bond acceptors (Lipinski definition) is 3. The predicted octanol–water partition coefficient (Wildman–Crippen LogP) is 2.50. The number of fused-ring (bicyclic) bond motifs is 1. The number of carbonyl (C=O) groups is 1. The van der Waals surface area contributed by atoms with Gasteiger partial charge in [0.25, 0.3) is 0 Å². The fourth-order valence-corrected chi connectivity index (χ4v) is 2.18. The first kappa shape index (κ1) is 12.4. The third-order valence-corrected chi connectivity index (χ3v) is 3.09. The maximum Gasteiger partial charge on any atom is 0.227 e. The molecule has 1 amide bonds. The summed E-state index contributed by atoms with van der Waals surface area (Å²) < 4.78 is 5.45. The highest BCUT2D eigenvalue weighted by atomic mass is 16.5. The molecule has 1 aliphatic heterocycles. The Morgan fingerprint density at radius 3 is 3.11 bits per heavy atom. The number of hydrogen-bond donors (Lipinski definition) is 1. The lowest BCUT2D eigenvalue weighted by molar-refractivity contribution is -0.120. The third-order valence-electron chi connectivity index (χ3n) is 3.09. The van der Waals surface area contributed by atoms with Gasteiger partial charge in [-0.3, -0.25) is 4.79 Å². The van der Waals surface area contributed by atoms with Gasteiger partial charge in [-0.05, 0) is 43.5 Å². The molecule has 4 heteroatoms. The molecule has 0 fully saturated rings. The van der Waals surface area contributed by atoms with E-state index in [-0.39, 0.29) is 11.8 Å². The number of ether oxygens (including phenoxy) is 1. The monoisotopic (exact) mass is 244 g/mol. The number of amides is 1. The van der Waals surface area contributed by atoms with Crippen molar-refractivity contribution < 1.29 is 9.53 Å². The molecule has 1 aromatic carbocycles. The van der Waals surface area contributed by atoms with Crippen LogP contribution < -0.4 is 10.1 Å². The second-order valence-electron chi connectivity index (χ2n) is 4.34. The quantitative estimate of drug-likeness (QED) is 0.885. The van der Waals surface area contributed by atoms with Crippen LogP contribution in [0.25, 0.3) is 0 Å². The average Bonchev–Trinajstić information content (AvgIpc) is 2.37. The van der Waals surface area contributed by atoms with Crippen LogP contribution in [-0.2, 0) is 11.2 Å². The minimum Gasteiger partial charge on any atom is -0.494 e. The molecule has 1 aromatic rings. The Balaban J connectivity index is 2.17. The lowest BCUT2D eigenvalue weighted by Crippen LogP contribution is -2.29. The third kappa shape index (κ3) is 2.62. The molecule has 0 bridgehead atoms. The summed E-state index contributed by atoms with van der Waals surface area (Å²) in [6, 6.07) is 7.79. The fraction of sp³-hybridized carbons (Fsp3) is 0.429. The highest BCUT2D eigenvalue weighted by Crippen LogP contribution is 2.30. The van der Waals surface area contributed by atoms with Gasteiger partial charge in [-0.15, -0.1) is 0 Å². The van der Waals surface area contributed by atoms with Gasteiger partial charge in [0.15, 0.2) is 0 Å². The first-order valence-electron chi connectivity index (χ1n) is 6.18. The van der Waals surface area contributed by atoms with Crippen molar-refractivity contribution in [2.75, 3.05) is 11.9 Å². The van der Waals surface area contributed by atoms with Crippen LogP contribution in [0.15, 0.2) is 18.2 Å². The minimum atomic E-state index is -0.103. The molecule has 1 N–H and O–H groups in total. The fourth-order valence-electron chi connectivity index (χ4n) is 2.18. The van der Waals surface area contributed by atoms with Crippen molar-refractivity contribution in [3.63, 3.8) is 0 Å². The zero-order valence-electron chi connectivity index (χ0n) is 10.4. The van der Waals surface area contributed by atoms with Crippen molar-refractivity contribution in [3.05, 3.63) is 23.8 Å². The van der Waals surface area contributed by atoms with Gasteiger partial charge in [-0.25, -0.2) is 0 Å². The molecule has 0 aliphatic carbocycles. The highest BCUT2D eigenvalue weighted by Gasteiger charge is 2.25. The SMILES string of the molecule is CCOc1ccc2c(c1)CC(CCC#N)C(=O)N2. The summed E-state index contributed by atoms with van der Waals surface area (Å²) in [5, 5.41) is 11.5. The van der Waals surface area contributed by atoms with Gasteiger partial charge in [0.05, 0.1) is 12.7 Å². The van der Waals surface area contributed by atoms with Crippen LogP contribution >= 0.6 is 0 Å². The summed E-state index contributed by atoms with van der Waals surface area (Å²) in [4.78, 5) is 11.8. The zero-order valence-corrected chi connectivity index (χ0v) is 10.4. The van der Waals surface area contributed by atoms with Crippen molar-refractivity contribution in [2.24, 2.45) is 5.92 Å². The van der Waals surface area contributed by atoms with Gasteiger partial charge < -0.3 is 10.1 Å². The Kier molecular flexibility index (Phi) is 3.83. The zero-order chi connectivity index (χ0) is 13.0. The summed E-state index contributed by atoms with van der Waals surface area (Å²) >= 11 is 0. The summed E-state index contributed by atoms with van der Waals surface area (Å²) in [7, 11) is 0. The second kappa shape index (κ2) is 5.54. The van der Waals surface area contributed by atoms with Crippen molar-refractivity contribution in [1.82, 2.24) is 0 Å². The van der Waals surface area contributed by atoms with Gasteiger partial charge in [-0.1, -0.05) is 0 Å². The van der Waals surface area contributed by atoms with Crippen LogP contribution in [0.4, 0.5) is 5.69 Å². The van der Waals surface area contributed by atoms with E-state index in [0.717, 1.165) is 17.0 Å². The number of anilines is 1. The summed E-state index contributed by atoms with van der Waals surface area (Å²) in [6.45, 7) is 2.57. The topological polar surface area (TPSA) is 62.1 Å². The average molecular weight is 244 g/mol. The van der Waals surface area contributed by atoms with E-state index >= 15 is 0 Å². The lowest BCUT2D eigenvalue weighted by atomic mass is 9.90. The molecule has 2 rings (SSSR count). The molecule has 1 heterocycles. The van der Waals surface area contributed by atoms with Crippen LogP contribution in [-0.4, -0.2) is 12.5 Å². The first-order chi connectivity index (χ1) is 8.74. The summed E-state index contributed by atoms with van der Waals surface area (Å²) in [5.74, 6) is 0.738. The van der Waals surface area contributed by atoms with E-state index < -0.39 is 0 Å². The number of nitrogens with zero attached hydrogens (tertiary/aromatic N) is 1. The van der Waals surface area contributed by atoms with Gasteiger partial charge in [0, 0.05) is 18.0 Å². The molecule has 94 valence electrons. The lowest BCUT2D eigenvalue weighted by Gasteiger charge is -2.24. The number of carbonyl (C=O) groups excluding carboxylic acids is 1. The van der Waals surface area contributed by atoms with Crippen LogP contribution in [0.5, 0.6) is 5.75 Å². The maximum atomic E-state index is 11.8. The molecule has 1 aliphatic rings. The largest absolute Gasteiger partial charge is 0.494 e. The Morgan fingerprint density at radius 1 is 1.56 bits per heavy atom. The van der Waals surface area contributed by atoms with Gasteiger partial charge in [-0.2, -0.15) is 5.26 Å². The van der Waals surface area contributed by atoms with E-state index in [1.54, 1.807) is 0 Å². The van der Waals surface area contributed by atoms with Crippen molar-refractivity contribution in [3.8, 4) is 11.8 Å². The predicted molar refractivity (Wildman–Crippen MR) is 68.3 cm³/mol. The Bertz CT molecular complexity index is 491. The van der Waals surface area contributed by atoms with Crippen molar-refractivity contribution in [2.45, 2.75) is 26.2 Å². The van der Waals surface area contributed by atoms with Gasteiger partial charge in [0.1, 0.15) is 5.75 Å². The van der Waals surface area contributed by atoms with E-state index in [2.05, 4.69) is 11.4 Å². The first-order valence-corrected chi connectivity index (χ1v) is 6.18. The number of nitriles is 1. The molecular formula is C14H16N2O2. The highest BCUT2D eigenvalue weighted by molar-refractivity contribution is 5.95. The van der Waals surface area contributed by atoms with Gasteiger partial charge in [0.2, 0.25) is 5.91 Å². The number of nitrogens with one attached hydrogen (secondary N) is 1. The van der Waals surface area contributed by atoms with Crippen molar-refractivity contribution in [1.29, 1.82) is 5.26 Å². The number of rotatable bonds is 4. The van der Waals surface area contributed by atoms with Crippen LogP contribution in [0, 0.1) is 17.2 Å². The Labute approximate surface area is 107 Å². The second-order valence-corrected chi connectivity index (χ2v) is 4.34. The molecule has 0 radical (unpaired) electrons. The molecule has 0 spiro atoms. The maximum absolute atomic E-state index is 11.8. The molecule has 18 heavy (non-hydrogen) atoms. The molecule has 1 unspecified atom stereocenters. The molecule has 0 aromatic heterocycles. The van der Waals surface area contributed by atoms with Crippen LogP contribution in [0.2, 0.25) is 0 Å². The standard InChI is InChI=1S/C14H16N2O2/c1-2-18-12-5-6-13-11(9-12)8-10(4-3-7-15)14(17)16-13/h5-6,9-10H,2-4,8H2,1H3,(H,16,17). The number of benzene rings is 1. The minimum absolute atomic E-state index is 0.0157. The normalized spacial score (nSPS) is 17.6. The Morgan fingerprint density at radius 2 is 2.39 bits per heavy atom. The smallest absolute Gasteiger partial charge is 0.227 e. The van der Waals surface area contributed by atoms with E-state index in [0.29, 0.717) is 25.9 Å². The summed E-state index contributed by atoms with van der Waals surface area (Å²) in [6.07, 6.45) is 1.71. The van der Waals surface area contributed by atoms with E-state index in [9.17, 15) is 4.79 Å². The molecule has 4 nitrogen and oxygen atoms in total. The molecule has 0 saturated heterocycles. The molecular weight excluding hydrogens is 228 g/mol. The van der Waals surface area contributed by atoms with E-state index in [1.165, 1.54) is 0 Å². The molecule has 0 saturated carbocycles. The van der Waals surface area contributed by atoms with Crippen molar-refractivity contribution >= 4 is 11.6 Å². The summed E-state index contributed by atoms with van der Waals surface area (Å²) in [5.41, 5.74) is 1.94. The van der Waals surface area contributed by atoms with Crippen LogP contribution in [0.3, 0.4) is 0 Å². The molecule has 1 atom stereocenters. The van der Waals surface area contributed by atoms with Gasteiger partial charge >= 0.3 is 0 Å². The van der Waals surface area contributed by atoms with Crippen LogP contribution in [0.1, 0.15) is 25.3 Å². The van der Waals surface area contributed by atoms with E-state index in [1.807, 2.05) is 25.1 Å². The van der Waals surface area contributed by atoms with E-state index in [4.69, 9.17) is 10.00 Å². The Hall–Kier alpha value is -2.02.